The predicted molar refractivity (Wildman–Crippen MR) is 109 cm³/mol. The van der Waals surface area contributed by atoms with Crippen molar-refractivity contribution in [2.24, 2.45) is 0 Å². The maximum Gasteiger partial charge on any atom is 0.414 e. The minimum Gasteiger partial charge on any atom is -0.412 e. The number of nitrogens with one attached hydrogen (secondary N) is 5. The fourth-order valence-electron chi connectivity index (χ4n) is 2.11. The fourth-order valence-corrected chi connectivity index (χ4v) is 2.11. The van der Waals surface area contributed by atoms with Crippen molar-refractivity contribution in [3.05, 3.63) is 48.5 Å². The first-order valence-corrected chi connectivity index (χ1v) is 8.70. The van der Waals surface area contributed by atoms with Crippen molar-refractivity contribution in [3.63, 3.8) is 0 Å². The van der Waals surface area contributed by atoms with Gasteiger partial charge in [0.1, 0.15) is 0 Å². The summed E-state index contributed by atoms with van der Waals surface area (Å²) in [6.45, 7) is 0.658. The van der Waals surface area contributed by atoms with Crippen LogP contribution in [0.15, 0.2) is 48.5 Å². The van der Waals surface area contributed by atoms with Gasteiger partial charge in [-0.3, -0.25) is 10.1 Å². The largest absolute Gasteiger partial charge is 0.414 e. The maximum absolute atomic E-state index is 11.7. The maximum atomic E-state index is 11.7. The average molecular weight is 401 g/mol. The van der Waals surface area contributed by atoms with Crippen molar-refractivity contribution in [1.29, 1.82) is 0 Å². The number of rotatable bonds is 8. The third-order valence-electron chi connectivity index (χ3n) is 3.54. The molecular formula is C19H23N5O5. The normalized spacial score (nSPS) is 9.72. The summed E-state index contributed by atoms with van der Waals surface area (Å²) in [6.07, 6.45) is -1.60. The molecule has 154 valence electrons. The van der Waals surface area contributed by atoms with Crippen LogP contribution in [0.1, 0.15) is 6.92 Å². The lowest BCUT2D eigenvalue weighted by molar-refractivity contribution is -0.119. The summed E-state index contributed by atoms with van der Waals surface area (Å²) in [5.74, 6) is -0.297. The second kappa shape index (κ2) is 11.0. The first-order valence-electron chi connectivity index (χ1n) is 8.70. The van der Waals surface area contributed by atoms with Crippen LogP contribution in [0.5, 0.6) is 0 Å². The van der Waals surface area contributed by atoms with E-state index in [1.807, 2.05) is 31.3 Å². The summed E-state index contributed by atoms with van der Waals surface area (Å²) in [7, 11) is 1.86. The predicted octanol–water partition coefficient (Wildman–Crippen LogP) is 2.80. The lowest BCUT2D eigenvalue weighted by Crippen LogP contribution is -2.36. The molecule has 2 rings (SSSR count). The van der Waals surface area contributed by atoms with Gasteiger partial charge in [0, 0.05) is 36.7 Å². The molecule has 3 amide bonds. The lowest BCUT2D eigenvalue weighted by atomic mass is 10.2. The van der Waals surface area contributed by atoms with Crippen molar-refractivity contribution in [2.75, 3.05) is 36.5 Å². The van der Waals surface area contributed by atoms with Gasteiger partial charge >= 0.3 is 12.2 Å². The minimum absolute atomic E-state index is 0.0830. The van der Waals surface area contributed by atoms with Crippen LogP contribution in [0.3, 0.4) is 0 Å². The smallest absolute Gasteiger partial charge is 0.412 e. The van der Waals surface area contributed by atoms with E-state index in [2.05, 4.69) is 31.3 Å². The molecule has 0 atom stereocenters. The summed E-state index contributed by atoms with van der Waals surface area (Å²) < 4.78 is 9.39. The molecule has 0 aliphatic carbocycles. The fraction of sp³-hybridized carbons (Fsp3) is 0.211. The first-order chi connectivity index (χ1) is 14.0. The Kier molecular flexibility index (Phi) is 8.11. The Labute approximate surface area is 168 Å². The lowest BCUT2D eigenvalue weighted by Gasteiger charge is -2.10. The summed E-state index contributed by atoms with van der Waals surface area (Å²) >= 11 is 0. The zero-order chi connectivity index (χ0) is 21.1. The number of hydrogen-bond donors (Lipinski definition) is 5. The Morgan fingerprint density at radius 1 is 0.759 bits per heavy atom. The minimum atomic E-state index is -0.829. The van der Waals surface area contributed by atoms with E-state index in [4.69, 9.17) is 4.74 Å². The third-order valence-corrected chi connectivity index (χ3v) is 3.54. The first kappa shape index (κ1) is 21.4. The Hall–Kier alpha value is -3.95. The van der Waals surface area contributed by atoms with E-state index < -0.39 is 19.0 Å². The molecule has 10 nitrogen and oxygen atoms in total. The molecule has 29 heavy (non-hydrogen) atoms. The van der Waals surface area contributed by atoms with Gasteiger partial charge in [-0.25, -0.2) is 9.59 Å². The Morgan fingerprint density at radius 3 is 1.83 bits per heavy atom. The van der Waals surface area contributed by atoms with E-state index >= 15 is 0 Å². The van der Waals surface area contributed by atoms with Crippen LogP contribution in [0.2, 0.25) is 0 Å². The number of amides is 3. The van der Waals surface area contributed by atoms with E-state index in [1.165, 1.54) is 6.92 Å². The Bertz CT molecular complexity index is 824. The van der Waals surface area contributed by atoms with Gasteiger partial charge in [-0.15, -0.1) is 0 Å². The van der Waals surface area contributed by atoms with Crippen molar-refractivity contribution < 1.29 is 23.9 Å². The zero-order valence-corrected chi connectivity index (χ0v) is 16.1. The van der Waals surface area contributed by atoms with Crippen molar-refractivity contribution >= 4 is 40.8 Å². The monoisotopic (exact) mass is 401 g/mol. The highest BCUT2D eigenvalue weighted by molar-refractivity contribution is 5.85. The number of benzene rings is 2. The van der Waals surface area contributed by atoms with Crippen LogP contribution in [0.25, 0.3) is 0 Å². The molecule has 0 aromatic heterocycles. The number of hydrogen-bond acceptors (Lipinski definition) is 7. The Morgan fingerprint density at radius 2 is 1.28 bits per heavy atom. The van der Waals surface area contributed by atoms with Crippen LogP contribution < -0.4 is 26.6 Å². The third kappa shape index (κ3) is 8.08. The van der Waals surface area contributed by atoms with Crippen molar-refractivity contribution in [3.8, 4) is 0 Å². The van der Waals surface area contributed by atoms with E-state index in [0.29, 0.717) is 5.69 Å². The topological polar surface area (TPSA) is 130 Å². The van der Waals surface area contributed by atoms with Gasteiger partial charge in [0.2, 0.25) is 12.7 Å². The molecule has 0 aliphatic heterocycles. The number of anilines is 4. The standard InChI is InChI=1S/C19H23N5O5/c1-13(25)21-11-22-18(26)28-12-29-19(27)24-17-9-7-16(8-10-17)23-15-5-3-14(20-2)4-6-15/h3-10,20,23H,11-12H2,1-2H3,(H,21,25)(H,22,26)(H,24,27). The van der Waals surface area contributed by atoms with Gasteiger partial charge in [-0.1, -0.05) is 0 Å². The number of alkyl carbamates (subject to hydrolysis) is 1. The number of carbonyl (C=O) groups excluding carboxylic acids is 3. The Balaban J connectivity index is 1.70. The molecule has 0 unspecified atom stereocenters. The quantitative estimate of drug-likeness (QED) is 0.430. The summed E-state index contributed by atoms with van der Waals surface area (Å²) in [5, 5.41) is 13.4. The molecule has 10 heteroatoms. The van der Waals surface area contributed by atoms with Gasteiger partial charge in [0.25, 0.3) is 0 Å². The SMILES string of the molecule is CNc1ccc(Nc2ccc(NC(=O)OCOC(=O)NCNC(C)=O)cc2)cc1. The van der Waals surface area contributed by atoms with Crippen molar-refractivity contribution in [1.82, 2.24) is 10.6 Å². The van der Waals surface area contributed by atoms with Crippen LogP contribution in [0.4, 0.5) is 32.3 Å². The van der Waals surface area contributed by atoms with E-state index in [9.17, 15) is 14.4 Å². The second-order valence-corrected chi connectivity index (χ2v) is 5.72. The van der Waals surface area contributed by atoms with E-state index in [1.54, 1.807) is 24.3 Å². The van der Waals surface area contributed by atoms with Gasteiger partial charge in [-0.05, 0) is 48.5 Å². The van der Waals surface area contributed by atoms with Crippen LogP contribution in [-0.2, 0) is 14.3 Å². The van der Waals surface area contributed by atoms with E-state index in [-0.39, 0.29) is 12.6 Å². The van der Waals surface area contributed by atoms with Crippen LogP contribution in [0, 0.1) is 0 Å². The molecule has 0 radical (unpaired) electrons. The van der Waals surface area contributed by atoms with Gasteiger partial charge < -0.3 is 30.7 Å². The van der Waals surface area contributed by atoms with E-state index in [0.717, 1.165) is 17.1 Å². The van der Waals surface area contributed by atoms with Gasteiger partial charge in [-0.2, -0.15) is 0 Å². The molecule has 0 aliphatic rings. The summed E-state index contributed by atoms with van der Waals surface area (Å²) in [5.41, 5.74) is 3.31. The highest BCUT2D eigenvalue weighted by Gasteiger charge is 2.06. The molecule has 0 fully saturated rings. The number of ether oxygens (including phenoxy) is 2. The molecule has 2 aromatic carbocycles. The van der Waals surface area contributed by atoms with Crippen LogP contribution in [-0.4, -0.2) is 38.6 Å². The summed E-state index contributed by atoms with van der Waals surface area (Å²) in [4.78, 5) is 33.6. The molecule has 0 saturated carbocycles. The van der Waals surface area contributed by atoms with Crippen molar-refractivity contribution in [2.45, 2.75) is 6.92 Å². The van der Waals surface area contributed by atoms with Crippen LogP contribution >= 0.6 is 0 Å². The molecule has 0 spiro atoms. The molecule has 0 bridgehead atoms. The molecule has 5 N–H and O–H groups in total. The zero-order valence-electron chi connectivity index (χ0n) is 16.1. The molecular weight excluding hydrogens is 378 g/mol. The average Bonchev–Trinajstić information content (AvgIpc) is 2.70. The second-order valence-electron chi connectivity index (χ2n) is 5.72. The molecule has 0 heterocycles. The highest BCUT2D eigenvalue weighted by Crippen LogP contribution is 2.20. The highest BCUT2D eigenvalue weighted by atomic mass is 16.7. The van der Waals surface area contributed by atoms with Gasteiger partial charge in [0.15, 0.2) is 0 Å². The molecule has 0 saturated heterocycles. The summed E-state index contributed by atoms with van der Waals surface area (Å²) in [6, 6.07) is 14.8. The number of carbonyl (C=O) groups is 3. The van der Waals surface area contributed by atoms with Gasteiger partial charge in [0.05, 0.1) is 6.67 Å². The molecule has 2 aromatic rings.